The molecular weight excluding hydrogens is 226 g/mol. The van der Waals surface area contributed by atoms with Crippen LogP contribution in [-0.2, 0) is 0 Å². The fourth-order valence-corrected chi connectivity index (χ4v) is 2.65. The molecule has 3 nitrogen and oxygen atoms in total. The number of nitrogens with zero attached hydrogens (tertiary/aromatic N) is 1. The van der Waals surface area contributed by atoms with Gasteiger partial charge in [-0.1, -0.05) is 6.92 Å². The quantitative estimate of drug-likeness (QED) is 0.872. The van der Waals surface area contributed by atoms with Crippen LogP contribution in [0.3, 0.4) is 0 Å². The molecule has 1 aromatic rings. The van der Waals surface area contributed by atoms with Gasteiger partial charge in [0.05, 0.1) is 0 Å². The summed E-state index contributed by atoms with van der Waals surface area (Å²) in [7, 11) is 0. The molecule has 98 valence electrons. The Kier molecular flexibility index (Phi) is 3.90. The maximum Gasteiger partial charge on any atom is 0.254 e. The maximum absolute atomic E-state index is 12.5. The Balaban J connectivity index is 2.21. The third kappa shape index (κ3) is 2.50. The summed E-state index contributed by atoms with van der Waals surface area (Å²) >= 11 is 0. The van der Waals surface area contributed by atoms with Gasteiger partial charge in [0.25, 0.3) is 5.91 Å². The van der Waals surface area contributed by atoms with Crippen LogP contribution >= 0.6 is 0 Å². The second-order valence-electron chi connectivity index (χ2n) is 5.06. The van der Waals surface area contributed by atoms with Crippen LogP contribution in [0.4, 0.5) is 0 Å². The summed E-state index contributed by atoms with van der Waals surface area (Å²) in [6.07, 6.45) is 4.44. The summed E-state index contributed by atoms with van der Waals surface area (Å²) in [5.74, 6) is 0.349. The van der Waals surface area contributed by atoms with Gasteiger partial charge < -0.3 is 10.0 Å². The second-order valence-corrected chi connectivity index (χ2v) is 5.06. The van der Waals surface area contributed by atoms with Gasteiger partial charge in [-0.2, -0.15) is 0 Å². The smallest absolute Gasteiger partial charge is 0.254 e. The lowest BCUT2D eigenvalue weighted by Crippen LogP contribution is -2.43. The molecule has 0 aromatic heterocycles. The first-order valence-electron chi connectivity index (χ1n) is 6.74. The zero-order chi connectivity index (χ0) is 13.1. The van der Waals surface area contributed by atoms with Crippen LogP contribution in [0.5, 0.6) is 5.75 Å². The molecule has 1 saturated heterocycles. The predicted molar refractivity (Wildman–Crippen MR) is 71.8 cm³/mol. The Hall–Kier alpha value is -1.51. The third-order valence-electron chi connectivity index (χ3n) is 3.80. The highest BCUT2D eigenvalue weighted by Crippen LogP contribution is 2.23. The van der Waals surface area contributed by atoms with Crippen molar-refractivity contribution in [2.24, 2.45) is 0 Å². The predicted octanol–water partition coefficient (Wildman–Crippen LogP) is 3.11. The van der Waals surface area contributed by atoms with Gasteiger partial charge in [-0.3, -0.25) is 4.79 Å². The summed E-state index contributed by atoms with van der Waals surface area (Å²) in [6, 6.07) is 5.47. The largest absolute Gasteiger partial charge is 0.508 e. The Bertz CT molecular complexity index is 442. The van der Waals surface area contributed by atoms with Crippen LogP contribution in [0.15, 0.2) is 18.2 Å². The van der Waals surface area contributed by atoms with Crippen LogP contribution < -0.4 is 0 Å². The van der Waals surface area contributed by atoms with Gasteiger partial charge in [-0.25, -0.2) is 0 Å². The fraction of sp³-hybridized carbons (Fsp3) is 0.533. The molecular formula is C15H21NO2. The van der Waals surface area contributed by atoms with E-state index in [0.29, 0.717) is 11.6 Å². The molecule has 2 rings (SSSR count). The van der Waals surface area contributed by atoms with Gasteiger partial charge in [-0.15, -0.1) is 0 Å². The van der Waals surface area contributed by atoms with Gasteiger partial charge in [0.15, 0.2) is 0 Å². The first-order chi connectivity index (χ1) is 8.63. The molecule has 18 heavy (non-hydrogen) atoms. The van der Waals surface area contributed by atoms with Crippen molar-refractivity contribution in [3.8, 4) is 5.75 Å². The monoisotopic (exact) mass is 247 g/mol. The highest BCUT2D eigenvalue weighted by atomic mass is 16.3. The molecule has 1 unspecified atom stereocenters. The van der Waals surface area contributed by atoms with E-state index in [0.717, 1.165) is 31.4 Å². The van der Waals surface area contributed by atoms with Crippen molar-refractivity contribution in [3.05, 3.63) is 29.3 Å². The van der Waals surface area contributed by atoms with E-state index in [1.165, 1.54) is 6.42 Å². The molecule has 3 heteroatoms. The third-order valence-corrected chi connectivity index (χ3v) is 3.80. The Morgan fingerprint density at radius 1 is 1.44 bits per heavy atom. The number of phenols is 1. The lowest BCUT2D eigenvalue weighted by atomic mass is 9.98. The van der Waals surface area contributed by atoms with Crippen molar-refractivity contribution in [1.82, 2.24) is 4.90 Å². The molecule has 0 bridgehead atoms. The van der Waals surface area contributed by atoms with Crippen molar-refractivity contribution in [1.29, 1.82) is 0 Å². The number of benzene rings is 1. The lowest BCUT2D eigenvalue weighted by molar-refractivity contribution is 0.0608. The van der Waals surface area contributed by atoms with Crippen molar-refractivity contribution >= 4 is 5.91 Å². The van der Waals surface area contributed by atoms with Gasteiger partial charge in [0, 0.05) is 18.2 Å². The van der Waals surface area contributed by atoms with Crippen LogP contribution in [-0.4, -0.2) is 28.5 Å². The summed E-state index contributed by atoms with van der Waals surface area (Å²) in [5, 5.41) is 9.51. The van der Waals surface area contributed by atoms with Crippen LogP contribution in [0, 0.1) is 6.92 Å². The standard InChI is InChI=1S/C15H21NO2/c1-3-13-6-4-5-9-16(13)15(18)12-7-8-14(17)11(2)10-12/h7-8,10,13,17H,3-6,9H2,1-2H3. The van der Waals surface area contributed by atoms with Gasteiger partial charge >= 0.3 is 0 Å². The van der Waals surface area contributed by atoms with Crippen LogP contribution in [0.25, 0.3) is 0 Å². The fourth-order valence-electron chi connectivity index (χ4n) is 2.65. The number of piperidine rings is 1. The molecule has 1 amide bonds. The number of hydrogen-bond acceptors (Lipinski definition) is 2. The van der Waals surface area contributed by atoms with Gasteiger partial charge in [-0.05, 0) is 56.4 Å². The Morgan fingerprint density at radius 2 is 2.22 bits per heavy atom. The van der Waals surface area contributed by atoms with E-state index in [1.807, 2.05) is 11.8 Å². The summed E-state index contributed by atoms with van der Waals surface area (Å²) in [4.78, 5) is 14.5. The number of aromatic hydroxyl groups is 1. The van der Waals surface area contributed by atoms with E-state index in [4.69, 9.17) is 0 Å². The topological polar surface area (TPSA) is 40.5 Å². The molecule has 1 N–H and O–H groups in total. The summed E-state index contributed by atoms with van der Waals surface area (Å²) in [6.45, 7) is 4.81. The number of likely N-dealkylation sites (tertiary alicyclic amines) is 1. The number of amides is 1. The SMILES string of the molecule is CCC1CCCCN1C(=O)c1ccc(O)c(C)c1. The van der Waals surface area contributed by atoms with Crippen molar-refractivity contribution in [3.63, 3.8) is 0 Å². The molecule has 1 fully saturated rings. The molecule has 1 aliphatic heterocycles. The van der Waals surface area contributed by atoms with E-state index in [2.05, 4.69) is 6.92 Å². The number of phenolic OH excluding ortho intramolecular Hbond substituents is 1. The number of carbonyl (C=O) groups is 1. The van der Waals surface area contributed by atoms with Crippen molar-refractivity contribution in [2.75, 3.05) is 6.54 Å². The minimum Gasteiger partial charge on any atom is -0.508 e. The molecule has 0 aliphatic carbocycles. The minimum absolute atomic E-state index is 0.102. The number of aryl methyl sites for hydroxylation is 1. The molecule has 0 spiro atoms. The van der Waals surface area contributed by atoms with Crippen LogP contribution in [0.1, 0.15) is 48.5 Å². The number of rotatable bonds is 2. The number of hydrogen-bond donors (Lipinski definition) is 1. The van der Waals surface area contributed by atoms with E-state index >= 15 is 0 Å². The van der Waals surface area contributed by atoms with E-state index < -0.39 is 0 Å². The molecule has 1 aromatic carbocycles. The highest BCUT2D eigenvalue weighted by Gasteiger charge is 2.26. The zero-order valence-corrected chi connectivity index (χ0v) is 11.1. The van der Waals surface area contributed by atoms with E-state index in [1.54, 1.807) is 18.2 Å². The molecule has 0 saturated carbocycles. The lowest BCUT2D eigenvalue weighted by Gasteiger charge is -2.35. The summed E-state index contributed by atoms with van der Waals surface area (Å²) < 4.78 is 0. The van der Waals surface area contributed by atoms with Crippen molar-refractivity contribution < 1.29 is 9.90 Å². The Labute approximate surface area is 108 Å². The van der Waals surface area contributed by atoms with Crippen molar-refractivity contribution in [2.45, 2.75) is 45.6 Å². The first-order valence-corrected chi connectivity index (χ1v) is 6.74. The minimum atomic E-state index is 0.102. The first kappa shape index (κ1) is 12.9. The molecule has 0 radical (unpaired) electrons. The average molecular weight is 247 g/mol. The van der Waals surface area contributed by atoms with Gasteiger partial charge in [0.1, 0.15) is 5.75 Å². The molecule has 1 heterocycles. The Morgan fingerprint density at radius 3 is 2.89 bits per heavy atom. The maximum atomic E-state index is 12.5. The van der Waals surface area contributed by atoms with Crippen LogP contribution in [0.2, 0.25) is 0 Å². The van der Waals surface area contributed by atoms with E-state index in [-0.39, 0.29) is 11.7 Å². The average Bonchev–Trinajstić information content (AvgIpc) is 2.41. The molecule has 1 atom stereocenters. The second kappa shape index (κ2) is 5.42. The molecule has 1 aliphatic rings. The van der Waals surface area contributed by atoms with E-state index in [9.17, 15) is 9.90 Å². The highest BCUT2D eigenvalue weighted by molar-refractivity contribution is 5.94. The normalized spacial score (nSPS) is 19.9. The number of carbonyl (C=O) groups excluding carboxylic acids is 1. The van der Waals surface area contributed by atoms with Gasteiger partial charge in [0.2, 0.25) is 0 Å². The zero-order valence-electron chi connectivity index (χ0n) is 11.1. The summed E-state index contributed by atoms with van der Waals surface area (Å²) in [5.41, 5.74) is 1.44.